The molecule has 4 aliphatic rings. The number of carbonyl (C=O) groups excluding carboxylic acids is 1. The first-order valence-corrected chi connectivity index (χ1v) is 10.2. The van der Waals surface area contributed by atoms with Crippen molar-refractivity contribution in [1.82, 2.24) is 0 Å². The normalized spacial score (nSPS) is 51.3. The lowest BCUT2D eigenvalue weighted by Gasteiger charge is -2.59. The Labute approximate surface area is 165 Å². The summed E-state index contributed by atoms with van der Waals surface area (Å²) in [6, 6.07) is 0. The second-order valence-electron chi connectivity index (χ2n) is 9.33. The Kier molecular flexibility index (Phi) is 4.49. The van der Waals surface area contributed by atoms with E-state index in [2.05, 4.69) is 4.99 Å². The van der Waals surface area contributed by atoms with E-state index in [1.807, 2.05) is 25.2 Å². The zero-order valence-electron chi connectivity index (χ0n) is 16.7. The lowest BCUT2D eigenvalue weighted by atomic mass is 9.48. The number of alkyl halides is 1. The number of aliphatic imine (C=N–C) groups is 1. The molecule has 0 saturated heterocycles. The van der Waals surface area contributed by atoms with Crippen LogP contribution in [0.5, 0.6) is 0 Å². The standard InChI is InChI=1S/C22H30FNO4/c1-12-8-15-16-5-4-13-9-14(24-3)6-7-20(13,2)22(16,23)18(26)10-17(15)21(12,28)19(27)11-25/h6-7,9,12,15-18,25-26,28H,4-5,8,10-11H2,1-3H3/b24-14+/t12-,15+,16+,17?,18+,20+,21-,22+/m1/s1. The van der Waals surface area contributed by atoms with Gasteiger partial charge in [0, 0.05) is 24.3 Å². The Morgan fingerprint density at radius 2 is 2.07 bits per heavy atom. The summed E-state index contributed by atoms with van der Waals surface area (Å²) in [5, 5.41) is 31.6. The van der Waals surface area contributed by atoms with Crippen LogP contribution >= 0.6 is 0 Å². The van der Waals surface area contributed by atoms with Crippen LogP contribution in [0.2, 0.25) is 0 Å². The van der Waals surface area contributed by atoms with Gasteiger partial charge in [-0.3, -0.25) is 9.79 Å². The van der Waals surface area contributed by atoms with Crippen molar-refractivity contribution >= 4 is 11.5 Å². The fraction of sp³-hybridized carbons (Fsp3) is 0.727. The van der Waals surface area contributed by atoms with Crippen LogP contribution in [-0.2, 0) is 4.79 Å². The van der Waals surface area contributed by atoms with Gasteiger partial charge >= 0.3 is 0 Å². The molecule has 0 aromatic rings. The fourth-order valence-electron chi connectivity index (χ4n) is 6.87. The van der Waals surface area contributed by atoms with E-state index in [1.165, 1.54) is 0 Å². The number of aliphatic hydroxyl groups is 3. The molecule has 3 saturated carbocycles. The predicted octanol–water partition coefficient (Wildman–Crippen LogP) is 2.01. The van der Waals surface area contributed by atoms with Gasteiger partial charge in [0.2, 0.25) is 0 Å². The van der Waals surface area contributed by atoms with Crippen molar-refractivity contribution < 1.29 is 24.5 Å². The first-order valence-electron chi connectivity index (χ1n) is 10.2. The number of fused-ring (bicyclic) bond motifs is 5. The van der Waals surface area contributed by atoms with Crippen LogP contribution in [-0.4, -0.2) is 57.8 Å². The average molecular weight is 391 g/mol. The molecule has 4 aliphatic carbocycles. The van der Waals surface area contributed by atoms with Gasteiger partial charge in [0.25, 0.3) is 0 Å². The van der Waals surface area contributed by atoms with Gasteiger partial charge in [-0.25, -0.2) is 4.39 Å². The van der Waals surface area contributed by atoms with Crippen molar-refractivity contribution in [2.45, 2.75) is 56.9 Å². The van der Waals surface area contributed by atoms with E-state index >= 15 is 4.39 Å². The summed E-state index contributed by atoms with van der Waals surface area (Å²) in [6.07, 6.45) is 6.11. The Hall–Kier alpha value is -1.37. The summed E-state index contributed by atoms with van der Waals surface area (Å²) in [5.41, 5.74) is -2.74. The molecule has 0 aromatic heterocycles. The third kappa shape index (κ3) is 2.22. The summed E-state index contributed by atoms with van der Waals surface area (Å²) >= 11 is 0. The second-order valence-corrected chi connectivity index (χ2v) is 9.33. The van der Waals surface area contributed by atoms with Crippen molar-refractivity contribution in [2.75, 3.05) is 13.7 Å². The zero-order chi connectivity index (χ0) is 20.5. The lowest BCUT2D eigenvalue weighted by molar-refractivity contribution is -0.191. The Balaban J connectivity index is 1.78. The maximum Gasteiger partial charge on any atom is 0.190 e. The molecule has 3 N–H and O–H groups in total. The lowest BCUT2D eigenvalue weighted by Crippen LogP contribution is -2.66. The van der Waals surface area contributed by atoms with Crippen LogP contribution in [0.4, 0.5) is 4.39 Å². The number of ketones is 1. The highest BCUT2D eigenvalue weighted by atomic mass is 19.1. The Morgan fingerprint density at radius 3 is 2.71 bits per heavy atom. The number of carbonyl (C=O) groups is 1. The van der Waals surface area contributed by atoms with Crippen molar-refractivity contribution in [1.29, 1.82) is 0 Å². The second kappa shape index (κ2) is 6.31. The first-order chi connectivity index (χ1) is 13.1. The molecule has 28 heavy (non-hydrogen) atoms. The number of allylic oxidation sites excluding steroid dienone is 4. The minimum atomic E-state index is -1.86. The molecule has 0 bridgehead atoms. The molecular weight excluding hydrogens is 361 g/mol. The number of halogens is 1. The van der Waals surface area contributed by atoms with Crippen molar-refractivity contribution in [3.8, 4) is 0 Å². The molecule has 0 amide bonds. The molecule has 3 fully saturated rings. The Morgan fingerprint density at radius 1 is 1.36 bits per heavy atom. The van der Waals surface area contributed by atoms with Crippen molar-refractivity contribution in [3.63, 3.8) is 0 Å². The first kappa shape index (κ1) is 19.9. The number of aliphatic hydroxyl groups excluding tert-OH is 2. The monoisotopic (exact) mass is 391 g/mol. The van der Waals surface area contributed by atoms with E-state index < -0.39 is 47.0 Å². The highest BCUT2D eigenvalue weighted by molar-refractivity contribution is 6.05. The van der Waals surface area contributed by atoms with Crippen LogP contribution in [0.3, 0.4) is 0 Å². The minimum Gasteiger partial charge on any atom is -0.390 e. The Bertz CT molecular complexity index is 791. The molecule has 8 atom stereocenters. The molecule has 0 aromatic carbocycles. The molecule has 6 heteroatoms. The maximum absolute atomic E-state index is 16.9. The van der Waals surface area contributed by atoms with E-state index in [0.29, 0.717) is 19.3 Å². The van der Waals surface area contributed by atoms with Gasteiger partial charge in [-0.1, -0.05) is 18.6 Å². The molecule has 0 spiro atoms. The van der Waals surface area contributed by atoms with Gasteiger partial charge in [-0.05, 0) is 56.6 Å². The SMILES string of the molecule is C/N=C1\C=C[C@@]2(C)C(=C1)CC[C@H]1[C@@H]3C[C@@H](C)[C@](O)(C(=O)CO)C3C[C@H](O)[C@@]12F. The summed E-state index contributed by atoms with van der Waals surface area (Å²) in [5.74, 6) is -2.16. The number of hydrogen-bond donors (Lipinski definition) is 3. The third-order valence-corrected chi connectivity index (χ3v) is 8.42. The van der Waals surface area contributed by atoms with Gasteiger partial charge in [0.15, 0.2) is 11.5 Å². The van der Waals surface area contributed by atoms with Gasteiger partial charge < -0.3 is 15.3 Å². The van der Waals surface area contributed by atoms with E-state index in [4.69, 9.17) is 0 Å². The number of nitrogens with zero attached hydrogens (tertiary/aromatic N) is 1. The van der Waals surface area contributed by atoms with Crippen LogP contribution < -0.4 is 0 Å². The van der Waals surface area contributed by atoms with Crippen LogP contribution in [0, 0.1) is 29.1 Å². The van der Waals surface area contributed by atoms with Crippen molar-refractivity contribution in [3.05, 3.63) is 23.8 Å². The number of hydrogen-bond acceptors (Lipinski definition) is 5. The summed E-state index contributed by atoms with van der Waals surface area (Å²) in [7, 11) is 1.70. The van der Waals surface area contributed by atoms with E-state index in [1.54, 1.807) is 14.0 Å². The predicted molar refractivity (Wildman–Crippen MR) is 104 cm³/mol. The molecule has 0 aliphatic heterocycles. The van der Waals surface area contributed by atoms with Crippen molar-refractivity contribution in [2.24, 2.45) is 34.1 Å². The van der Waals surface area contributed by atoms with Crippen LogP contribution in [0.25, 0.3) is 0 Å². The van der Waals surface area contributed by atoms with E-state index in [-0.39, 0.29) is 18.3 Å². The molecule has 1 unspecified atom stereocenters. The molecule has 154 valence electrons. The highest BCUT2D eigenvalue weighted by Crippen LogP contribution is 2.66. The van der Waals surface area contributed by atoms with Crippen LogP contribution in [0.1, 0.15) is 39.5 Å². The zero-order valence-corrected chi connectivity index (χ0v) is 16.7. The van der Waals surface area contributed by atoms with Gasteiger partial charge in [-0.15, -0.1) is 0 Å². The van der Waals surface area contributed by atoms with Gasteiger partial charge in [0.1, 0.15) is 12.2 Å². The number of rotatable bonds is 2. The van der Waals surface area contributed by atoms with Gasteiger partial charge in [0.05, 0.1) is 11.8 Å². The molecular formula is C22H30FNO4. The average Bonchev–Trinajstić information content (AvgIpc) is 2.93. The molecule has 0 radical (unpaired) electrons. The number of Topliss-reactive ketones (excluding diaryl/α,β-unsaturated/α-hetero) is 1. The molecule has 5 nitrogen and oxygen atoms in total. The van der Waals surface area contributed by atoms with E-state index in [0.717, 1.165) is 11.3 Å². The molecule has 0 heterocycles. The maximum atomic E-state index is 16.9. The summed E-state index contributed by atoms with van der Waals surface area (Å²) < 4.78 is 16.9. The minimum absolute atomic E-state index is 0.0235. The largest absolute Gasteiger partial charge is 0.390 e. The third-order valence-electron chi connectivity index (χ3n) is 8.42. The molecule has 4 rings (SSSR count). The summed E-state index contributed by atoms with van der Waals surface area (Å²) in [6.45, 7) is 2.90. The fourth-order valence-corrected chi connectivity index (χ4v) is 6.87. The smallest absolute Gasteiger partial charge is 0.190 e. The van der Waals surface area contributed by atoms with E-state index in [9.17, 15) is 20.1 Å². The van der Waals surface area contributed by atoms with Gasteiger partial charge in [-0.2, -0.15) is 0 Å². The van der Waals surface area contributed by atoms with Crippen LogP contribution in [0.15, 0.2) is 28.8 Å². The topological polar surface area (TPSA) is 90.1 Å². The summed E-state index contributed by atoms with van der Waals surface area (Å²) in [4.78, 5) is 16.6. The highest BCUT2D eigenvalue weighted by Gasteiger charge is 2.71. The quantitative estimate of drug-likeness (QED) is 0.672.